The quantitative estimate of drug-likeness (QED) is 0.312. The van der Waals surface area contributed by atoms with Gasteiger partial charge < -0.3 is 9.47 Å². The molecule has 1 fully saturated rings. The number of nitrogens with zero attached hydrogens (tertiary/aromatic N) is 1. The van der Waals surface area contributed by atoms with Crippen LogP contribution in [-0.4, -0.2) is 35.4 Å². The Morgan fingerprint density at radius 1 is 1.10 bits per heavy atom. The van der Waals surface area contributed by atoms with Crippen molar-refractivity contribution in [2.75, 3.05) is 20.3 Å². The van der Waals surface area contributed by atoms with Crippen molar-refractivity contribution in [2.45, 2.75) is 20.3 Å². The third-order valence-electron chi connectivity index (χ3n) is 4.54. The lowest BCUT2D eigenvalue weighted by molar-refractivity contribution is -0.121. The van der Waals surface area contributed by atoms with Gasteiger partial charge in [0, 0.05) is 24.1 Å². The third-order valence-corrected chi connectivity index (χ3v) is 6.26. The molecule has 0 aromatic heterocycles. The number of hydrogen-bond acceptors (Lipinski definition) is 5. The first kappa shape index (κ1) is 21.7. The molecule has 1 aliphatic heterocycles. The molecule has 1 heterocycles. The van der Waals surface area contributed by atoms with E-state index in [1.54, 1.807) is 25.3 Å². The fraction of sp³-hybridized carbons (Fsp3) is 0.273. The van der Waals surface area contributed by atoms with E-state index in [4.69, 9.17) is 33.3 Å². The highest BCUT2D eigenvalue weighted by molar-refractivity contribution is 8.26. The van der Waals surface area contributed by atoms with Crippen LogP contribution in [0.2, 0.25) is 5.02 Å². The van der Waals surface area contributed by atoms with Crippen LogP contribution in [0, 0.1) is 13.8 Å². The van der Waals surface area contributed by atoms with Crippen molar-refractivity contribution in [1.82, 2.24) is 4.90 Å². The molecule has 0 aliphatic carbocycles. The van der Waals surface area contributed by atoms with Crippen LogP contribution in [0.1, 0.15) is 23.1 Å². The highest BCUT2D eigenvalue weighted by Gasteiger charge is 2.29. The SMILES string of the molecule is Cc1ccc(OCCCOc2ccc(Cl)cc2/C=C2\SC(=S)N(C)C2=O)cc1C. The Morgan fingerprint density at radius 2 is 1.86 bits per heavy atom. The zero-order valence-electron chi connectivity index (χ0n) is 16.5. The number of amides is 1. The van der Waals surface area contributed by atoms with Crippen LogP contribution in [-0.2, 0) is 4.79 Å². The van der Waals surface area contributed by atoms with Crippen LogP contribution in [0.5, 0.6) is 11.5 Å². The number of aryl methyl sites for hydroxylation is 2. The summed E-state index contributed by atoms with van der Waals surface area (Å²) in [4.78, 5) is 14.3. The minimum Gasteiger partial charge on any atom is -0.493 e. The predicted molar refractivity (Wildman–Crippen MR) is 124 cm³/mol. The van der Waals surface area contributed by atoms with Gasteiger partial charge in [-0.15, -0.1) is 0 Å². The van der Waals surface area contributed by atoms with E-state index in [9.17, 15) is 4.79 Å². The van der Waals surface area contributed by atoms with Crippen molar-refractivity contribution in [3.8, 4) is 11.5 Å². The van der Waals surface area contributed by atoms with Gasteiger partial charge in [-0.05, 0) is 61.4 Å². The molecule has 7 heteroatoms. The fourth-order valence-electron chi connectivity index (χ4n) is 2.69. The topological polar surface area (TPSA) is 38.8 Å². The predicted octanol–water partition coefficient (Wildman–Crippen LogP) is 5.64. The summed E-state index contributed by atoms with van der Waals surface area (Å²) >= 11 is 12.6. The average Bonchev–Trinajstić information content (AvgIpc) is 2.92. The molecule has 2 aromatic carbocycles. The van der Waals surface area contributed by atoms with Gasteiger partial charge in [0.2, 0.25) is 0 Å². The van der Waals surface area contributed by atoms with E-state index in [2.05, 4.69) is 19.9 Å². The number of thioether (sulfide) groups is 1. The van der Waals surface area contributed by atoms with Crippen molar-refractivity contribution in [1.29, 1.82) is 0 Å². The smallest absolute Gasteiger partial charge is 0.265 e. The van der Waals surface area contributed by atoms with E-state index in [-0.39, 0.29) is 5.91 Å². The molecular weight excluding hydrogens is 426 g/mol. The molecule has 3 rings (SSSR count). The van der Waals surface area contributed by atoms with Crippen molar-refractivity contribution in [3.05, 3.63) is 63.0 Å². The molecule has 0 saturated carbocycles. The molecule has 0 spiro atoms. The number of carbonyl (C=O) groups is 1. The van der Waals surface area contributed by atoms with Gasteiger partial charge in [-0.2, -0.15) is 0 Å². The van der Waals surface area contributed by atoms with E-state index in [1.165, 1.54) is 27.8 Å². The minimum atomic E-state index is -0.118. The molecule has 152 valence electrons. The largest absolute Gasteiger partial charge is 0.493 e. The summed E-state index contributed by atoms with van der Waals surface area (Å²) in [5.41, 5.74) is 3.21. The average molecular weight is 448 g/mol. The highest BCUT2D eigenvalue weighted by atomic mass is 35.5. The monoisotopic (exact) mass is 447 g/mol. The Morgan fingerprint density at radius 3 is 2.55 bits per heavy atom. The van der Waals surface area contributed by atoms with Gasteiger partial charge in [0.15, 0.2) is 0 Å². The summed E-state index contributed by atoms with van der Waals surface area (Å²) in [6.07, 6.45) is 2.50. The molecule has 0 N–H and O–H groups in total. The second-order valence-corrected chi connectivity index (χ2v) is 8.83. The number of rotatable bonds is 7. The van der Waals surface area contributed by atoms with Crippen LogP contribution in [0.4, 0.5) is 0 Å². The van der Waals surface area contributed by atoms with Crippen LogP contribution < -0.4 is 9.47 Å². The lowest BCUT2D eigenvalue weighted by Crippen LogP contribution is -2.22. The second kappa shape index (κ2) is 9.65. The Bertz CT molecular complexity index is 975. The van der Waals surface area contributed by atoms with Crippen molar-refractivity contribution in [3.63, 3.8) is 0 Å². The van der Waals surface area contributed by atoms with Crippen LogP contribution in [0.25, 0.3) is 6.08 Å². The number of carbonyl (C=O) groups excluding carboxylic acids is 1. The summed E-state index contributed by atoms with van der Waals surface area (Å²) in [6.45, 7) is 5.19. The Kier molecular flexibility index (Phi) is 7.22. The molecule has 0 radical (unpaired) electrons. The molecule has 0 bridgehead atoms. The second-order valence-electron chi connectivity index (χ2n) is 6.72. The summed E-state index contributed by atoms with van der Waals surface area (Å²) in [7, 11) is 1.67. The number of likely N-dealkylation sites (N-methyl/N-ethyl adjacent to an activating group) is 1. The first-order valence-corrected chi connectivity index (χ1v) is 10.8. The lowest BCUT2D eigenvalue weighted by atomic mass is 10.1. The van der Waals surface area contributed by atoms with E-state index < -0.39 is 0 Å². The Labute approximate surface area is 185 Å². The van der Waals surface area contributed by atoms with Gasteiger partial charge in [0.1, 0.15) is 15.8 Å². The van der Waals surface area contributed by atoms with Gasteiger partial charge in [-0.3, -0.25) is 9.69 Å². The third kappa shape index (κ3) is 5.53. The zero-order valence-corrected chi connectivity index (χ0v) is 18.9. The molecule has 1 amide bonds. The van der Waals surface area contributed by atoms with Gasteiger partial charge in [-0.1, -0.05) is 41.6 Å². The molecule has 0 atom stereocenters. The minimum absolute atomic E-state index is 0.118. The van der Waals surface area contributed by atoms with Gasteiger partial charge in [-0.25, -0.2) is 0 Å². The van der Waals surface area contributed by atoms with Crippen LogP contribution >= 0.6 is 35.6 Å². The Balaban J connectivity index is 1.59. The van der Waals surface area contributed by atoms with Crippen LogP contribution in [0.15, 0.2) is 41.3 Å². The summed E-state index contributed by atoms with van der Waals surface area (Å²) in [6, 6.07) is 11.4. The molecule has 29 heavy (non-hydrogen) atoms. The maximum atomic E-state index is 12.3. The fourth-order valence-corrected chi connectivity index (χ4v) is 4.04. The standard InChI is InChI=1S/C22H22ClNO3S2/c1-14-5-7-18(11-15(14)2)26-9-4-10-27-19-8-6-17(23)12-16(19)13-20-21(25)24(3)22(28)29-20/h5-8,11-13H,4,9-10H2,1-3H3/b20-13-. The first-order valence-electron chi connectivity index (χ1n) is 9.19. The summed E-state index contributed by atoms with van der Waals surface area (Å²) in [5, 5.41) is 0.577. The number of benzene rings is 2. The first-order chi connectivity index (χ1) is 13.8. The van der Waals surface area contributed by atoms with Crippen LogP contribution in [0.3, 0.4) is 0 Å². The van der Waals surface area contributed by atoms with Gasteiger partial charge in [0.05, 0.1) is 18.1 Å². The van der Waals surface area contributed by atoms with Crippen molar-refractivity contribution in [2.24, 2.45) is 0 Å². The zero-order chi connectivity index (χ0) is 21.0. The number of ether oxygens (including phenoxy) is 2. The maximum absolute atomic E-state index is 12.3. The van der Waals surface area contributed by atoms with Crippen molar-refractivity contribution < 1.29 is 14.3 Å². The number of hydrogen-bond donors (Lipinski definition) is 0. The number of halogens is 1. The molecular formula is C22H22ClNO3S2. The number of thiocarbonyl (C=S) groups is 1. The van der Waals surface area contributed by atoms with Gasteiger partial charge in [0.25, 0.3) is 5.91 Å². The molecule has 1 saturated heterocycles. The molecule has 0 unspecified atom stereocenters. The highest BCUT2D eigenvalue weighted by Crippen LogP contribution is 2.34. The molecule has 4 nitrogen and oxygen atoms in total. The van der Waals surface area contributed by atoms with E-state index in [1.807, 2.05) is 18.2 Å². The van der Waals surface area contributed by atoms with Gasteiger partial charge >= 0.3 is 0 Å². The normalized spacial score (nSPS) is 15.3. The Hall–Kier alpha value is -2.02. The van der Waals surface area contributed by atoms with E-state index >= 15 is 0 Å². The molecule has 2 aromatic rings. The van der Waals surface area contributed by atoms with E-state index in [0.717, 1.165) is 17.7 Å². The van der Waals surface area contributed by atoms with Crippen molar-refractivity contribution >= 4 is 51.9 Å². The summed E-state index contributed by atoms with van der Waals surface area (Å²) in [5.74, 6) is 1.41. The summed E-state index contributed by atoms with van der Waals surface area (Å²) < 4.78 is 12.3. The molecule has 1 aliphatic rings. The van der Waals surface area contributed by atoms with E-state index in [0.29, 0.717) is 33.2 Å². The lowest BCUT2D eigenvalue weighted by Gasteiger charge is -2.11. The maximum Gasteiger partial charge on any atom is 0.265 e.